The number of Topliss-reactive ketones (excluding diaryl/α,β-unsaturated/α-hetero) is 1. The van der Waals surface area contributed by atoms with E-state index in [2.05, 4.69) is 14.9 Å². The fourth-order valence-corrected chi connectivity index (χ4v) is 4.94. The van der Waals surface area contributed by atoms with Crippen LogP contribution in [0.5, 0.6) is 5.75 Å². The molecule has 178 valence electrons. The summed E-state index contributed by atoms with van der Waals surface area (Å²) >= 11 is 0. The predicted octanol–water partition coefficient (Wildman–Crippen LogP) is 2.52. The van der Waals surface area contributed by atoms with Crippen molar-refractivity contribution in [3.8, 4) is 5.75 Å². The molecule has 0 aliphatic carbocycles. The van der Waals surface area contributed by atoms with Gasteiger partial charge < -0.3 is 10.1 Å². The van der Waals surface area contributed by atoms with Gasteiger partial charge in [0.15, 0.2) is 5.78 Å². The summed E-state index contributed by atoms with van der Waals surface area (Å²) in [6.07, 6.45) is 2.28. The lowest BCUT2D eigenvalue weighted by Crippen LogP contribution is -2.38. The van der Waals surface area contributed by atoms with E-state index in [1.54, 1.807) is 7.11 Å². The number of hydrogen-bond donors (Lipinski definition) is 2. The van der Waals surface area contributed by atoms with Gasteiger partial charge in [-0.15, -0.1) is 0 Å². The average Bonchev–Trinajstić information content (AvgIpc) is 3.34. The zero-order valence-corrected chi connectivity index (χ0v) is 19.9. The highest BCUT2D eigenvalue weighted by Gasteiger charge is 2.24. The van der Waals surface area contributed by atoms with Crippen LogP contribution in [0.1, 0.15) is 48.1 Å². The molecule has 0 radical (unpaired) electrons. The second-order valence-electron chi connectivity index (χ2n) is 8.07. The highest BCUT2D eigenvalue weighted by Crippen LogP contribution is 2.27. The van der Waals surface area contributed by atoms with Crippen molar-refractivity contribution in [3.05, 3.63) is 59.7 Å². The molecular weight excluding hydrogens is 442 g/mol. The maximum absolute atomic E-state index is 12.4. The second-order valence-corrected chi connectivity index (χ2v) is 9.83. The van der Waals surface area contributed by atoms with E-state index in [0.29, 0.717) is 12.1 Å². The third-order valence-corrected chi connectivity index (χ3v) is 7.24. The highest BCUT2D eigenvalue weighted by molar-refractivity contribution is 7.89. The summed E-state index contributed by atoms with van der Waals surface area (Å²) in [5.74, 6) is 0.412. The largest absolute Gasteiger partial charge is 0.497 e. The molecule has 1 aliphatic rings. The molecule has 0 saturated carbocycles. The summed E-state index contributed by atoms with van der Waals surface area (Å²) < 4.78 is 32.7. The maximum atomic E-state index is 12.4. The van der Waals surface area contributed by atoms with Crippen molar-refractivity contribution in [3.63, 3.8) is 0 Å². The Hall–Kier alpha value is -2.75. The van der Waals surface area contributed by atoms with Crippen LogP contribution >= 0.6 is 0 Å². The Balaban J connectivity index is 1.53. The number of ether oxygens (including phenoxy) is 1. The van der Waals surface area contributed by atoms with Gasteiger partial charge in [0.1, 0.15) is 5.75 Å². The van der Waals surface area contributed by atoms with Gasteiger partial charge in [0.2, 0.25) is 15.9 Å². The molecule has 2 N–H and O–H groups in total. The van der Waals surface area contributed by atoms with Crippen LogP contribution in [-0.4, -0.2) is 58.3 Å². The van der Waals surface area contributed by atoms with Crippen LogP contribution in [-0.2, 0) is 14.8 Å². The van der Waals surface area contributed by atoms with Crippen molar-refractivity contribution in [2.45, 2.75) is 37.1 Å². The van der Waals surface area contributed by atoms with Crippen LogP contribution in [0.4, 0.5) is 0 Å². The van der Waals surface area contributed by atoms with Crippen molar-refractivity contribution >= 4 is 21.7 Å². The first-order valence-electron chi connectivity index (χ1n) is 11.1. The molecule has 1 fully saturated rings. The summed E-state index contributed by atoms with van der Waals surface area (Å²) in [4.78, 5) is 26.2. The molecule has 1 amide bonds. The van der Waals surface area contributed by atoms with Gasteiger partial charge in [-0.3, -0.25) is 14.5 Å². The average molecular weight is 474 g/mol. The number of methoxy groups -OCH3 is 1. The number of hydrogen-bond acceptors (Lipinski definition) is 6. The molecule has 9 heteroatoms. The van der Waals surface area contributed by atoms with Gasteiger partial charge in [-0.05, 0) is 62.7 Å². The number of ketones is 1. The molecule has 2 aromatic carbocycles. The second kappa shape index (κ2) is 11.4. The molecule has 0 bridgehead atoms. The number of sulfonamides is 1. The van der Waals surface area contributed by atoms with Gasteiger partial charge in [0.25, 0.3) is 0 Å². The van der Waals surface area contributed by atoms with Gasteiger partial charge in [0.05, 0.1) is 18.0 Å². The third-order valence-electron chi connectivity index (χ3n) is 5.77. The van der Waals surface area contributed by atoms with Gasteiger partial charge in [0, 0.05) is 25.1 Å². The topological polar surface area (TPSA) is 105 Å². The molecule has 33 heavy (non-hydrogen) atoms. The number of benzene rings is 2. The number of likely N-dealkylation sites (tertiary alicyclic amines) is 1. The molecule has 1 saturated heterocycles. The lowest BCUT2D eigenvalue weighted by atomic mass is 10.0. The minimum Gasteiger partial charge on any atom is -0.497 e. The molecule has 1 atom stereocenters. The first-order valence-corrected chi connectivity index (χ1v) is 12.5. The predicted molar refractivity (Wildman–Crippen MR) is 126 cm³/mol. The highest BCUT2D eigenvalue weighted by atomic mass is 32.2. The molecule has 1 unspecified atom stereocenters. The van der Waals surface area contributed by atoms with Crippen LogP contribution in [0.2, 0.25) is 0 Å². The standard InChI is InChI=1S/C24H31N3O5S/c1-18(28)19-8-10-22(11-9-19)33(30,31)26-13-12-24(29)25-17-23(27-14-3-4-15-27)20-6-5-7-21(16-20)32-2/h5-11,16,23,26H,3-4,12-15,17H2,1-2H3,(H,25,29). The van der Waals surface area contributed by atoms with Crippen molar-refractivity contribution in [2.75, 3.05) is 33.3 Å². The van der Waals surface area contributed by atoms with E-state index in [4.69, 9.17) is 4.74 Å². The summed E-state index contributed by atoms with van der Waals surface area (Å²) in [6.45, 7) is 3.78. The summed E-state index contributed by atoms with van der Waals surface area (Å²) in [5, 5.41) is 2.95. The number of nitrogens with one attached hydrogen (secondary N) is 2. The van der Waals surface area contributed by atoms with Crippen molar-refractivity contribution in [1.29, 1.82) is 0 Å². The van der Waals surface area contributed by atoms with Crippen LogP contribution in [0.25, 0.3) is 0 Å². The SMILES string of the molecule is COc1cccc(C(CNC(=O)CCNS(=O)(=O)c2ccc(C(C)=O)cc2)N2CCCC2)c1. The smallest absolute Gasteiger partial charge is 0.240 e. The van der Waals surface area contributed by atoms with E-state index in [1.807, 2.05) is 24.3 Å². The lowest BCUT2D eigenvalue weighted by Gasteiger charge is -2.28. The van der Waals surface area contributed by atoms with E-state index in [0.717, 1.165) is 37.2 Å². The number of carbonyl (C=O) groups is 2. The fraction of sp³-hybridized carbons (Fsp3) is 0.417. The van der Waals surface area contributed by atoms with Crippen LogP contribution in [0.3, 0.4) is 0 Å². The monoisotopic (exact) mass is 473 g/mol. The van der Waals surface area contributed by atoms with Gasteiger partial charge in [-0.25, -0.2) is 13.1 Å². The van der Waals surface area contributed by atoms with Crippen molar-refractivity contribution in [2.24, 2.45) is 0 Å². The Bertz CT molecular complexity index is 1060. The molecular formula is C24H31N3O5S. The number of amides is 1. The first kappa shape index (κ1) is 24.9. The Labute approximate surface area is 195 Å². The quantitative estimate of drug-likeness (QED) is 0.486. The first-order chi connectivity index (χ1) is 15.8. The third kappa shape index (κ3) is 6.86. The van der Waals surface area contributed by atoms with Crippen molar-refractivity contribution in [1.82, 2.24) is 14.9 Å². The van der Waals surface area contributed by atoms with E-state index in [9.17, 15) is 18.0 Å². The van der Waals surface area contributed by atoms with E-state index in [1.165, 1.54) is 31.2 Å². The minimum atomic E-state index is -3.76. The number of rotatable bonds is 11. The van der Waals surface area contributed by atoms with Crippen molar-refractivity contribution < 1.29 is 22.7 Å². The molecule has 0 spiro atoms. The molecule has 3 rings (SSSR count). The zero-order valence-electron chi connectivity index (χ0n) is 19.0. The summed E-state index contributed by atoms with van der Waals surface area (Å²) in [7, 11) is -2.13. The molecule has 2 aromatic rings. The van der Waals surface area contributed by atoms with E-state index < -0.39 is 10.0 Å². The number of nitrogens with zero attached hydrogens (tertiary/aromatic N) is 1. The Morgan fingerprint density at radius 2 is 1.79 bits per heavy atom. The number of carbonyl (C=O) groups excluding carboxylic acids is 2. The summed E-state index contributed by atoms with van der Waals surface area (Å²) in [6, 6.07) is 13.6. The molecule has 8 nitrogen and oxygen atoms in total. The van der Waals surface area contributed by atoms with E-state index >= 15 is 0 Å². The maximum Gasteiger partial charge on any atom is 0.240 e. The van der Waals surface area contributed by atoms with Gasteiger partial charge >= 0.3 is 0 Å². The Morgan fingerprint density at radius 3 is 2.42 bits per heavy atom. The van der Waals surface area contributed by atoms with Crippen LogP contribution in [0.15, 0.2) is 53.4 Å². The van der Waals surface area contributed by atoms with Gasteiger partial charge in [-0.1, -0.05) is 24.3 Å². The fourth-order valence-electron chi connectivity index (χ4n) is 3.91. The van der Waals surface area contributed by atoms with Crippen LogP contribution < -0.4 is 14.8 Å². The van der Waals surface area contributed by atoms with E-state index in [-0.39, 0.29) is 35.6 Å². The van der Waals surface area contributed by atoms with Crippen LogP contribution in [0, 0.1) is 0 Å². The normalized spacial score (nSPS) is 15.2. The lowest BCUT2D eigenvalue weighted by molar-refractivity contribution is -0.121. The van der Waals surface area contributed by atoms with Gasteiger partial charge in [-0.2, -0.15) is 0 Å². The minimum absolute atomic E-state index is 0.0177. The summed E-state index contributed by atoms with van der Waals surface area (Å²) in [5.41, 5.74) is 1.52. The molecule has 0 aromatic heterocycles. The Morgan fingerprint density at radius 1 is 1.09 bits per heavy atom. The molecule has 1 aliphatic heterocycles. The molecule has 1 heterocycles. The zero-order chi connectivity index (χ0) is 23.8. The Kier molecular flexibility index (Phi) is 8.60.